The third-order valence-corrected chi connectivity index (χ3v) is 6.70. The second-order valence-corrected chi connectivity index (χ2v) is 9.14. The van der Waals surface area contributed by atoms with Gasteiger partial charge in [0.1, 0.15) is 12.7 Å². The van der Waals surface area contributed by atoms with E-state index in [9.17, 15) is 13.2 Å². The Bertz CT molecular complexity index is 888. The van der Waals surface area contributed by atoms with Crippen molar-refractivity contribution in [1.82, 2.24) is 24.4 Å². The minimum atomic E-state index is -3.57. The molecule has 10 heteroatoms. The lowest BCUT2D eigenvalue weighted by atomic mass is 10.1. The van der Waals surface area contributed by atoms with Gasteiger partial charge in [0.25, 0.3) is 5.91 Å². The molecule has 1 saturated heterocycles. The van der Waals surface area contributed by atoms with Crippen molar-refractivity contribution in [3.8, 4) is 0 Å². The van der Waals surface area contributed by atoms with Crippen LogP contribution in [0.15, 0.2) is 36.9 Å². The summed E-state index contributed by atoms with van der Waals surface area (Å²) in [6, 6.07) is 6.35. The van der Waals surface area contributed by atoms with Crippen molar-refractivity contribution < 1.29 is 13.2 Å². The van der Waals surface area contributed by atoms with Gasteiger partial charge in [0, 0.05) is 29.7 Å². The van der Waals surface area contributed by atoms with Gasteiger partial charge in [-0.3, -0.25) is 9.48 Å². The highest BCUT2D eigenvalue weighted by Gasteiger charge is 2.33. The van der Waals surface area contributed by atoms with Gasteiger partial charge in [-0.15, -0.1) is 0 Å². The van der Waals surface area contributed by atoms with Crippen LogP contribution in [-0.2, 0) is 16.6 Å². The Morgan fingerprint density at radius 1 is 1.44 bits per heavy atom. The van der Waals surface area contributed by atoms with Crippen LogP contribution in [0.3, 0.4) is 0 Å². The van der Waals surface area contributed by atoms with Crippen LogP contribution in [0.1, 0.15) is 30.1 Å². The monoisotopic (exact) mass is 411 g/mol. The van der Waals surface area contributed by atoms with Crippen molar-refractivity contribution in [1.29, 1.82) is 0 Å². The largest absolute Gasteiger partial charge is 0.337 e. The number of sulfonamides is 1. The highest BCUT2D eigenvalue weighted by atomic mass is 35.5. The summed E-state index contributed by atoms with van der Waals surface area (Å²) >= 11 is 5.96. The number of rotatable bonds is 6. The molecule has 2 atom stereocenters. The summed E-state index contributed by atoms with van der Waals surface area (Å²) < 4.78 is 29.8. The molecule has 0 aliphatic carbocycles. The van der Waals surface area contributed by atoms with Crippen LogP contribution in [0.2, 0.25) is 5.02 Å². The van der Waals surface area contributed by atoms with E-state index < -0.39 is 15.3 Å². The van der Waals surface area contributed by atoms with Crippen molar-refractivity contribution in [3.05, 3.63) is 47.5 Å². The summed E-state index contributed by atoms with van der Waals surface area (Å²) in [6.07, 6.45) is 4.10. The molecule has 1 fully saturated rings. The van der Waals surface area contributed by atoms with Gasteiger partial charge >= 0.3 is 0 Å². The molecule has 146 valence electrons. The van der Waals surface area contributed by atoms with Crippen LogP contribution in [0, 0.1) is 0 Å². The van der Waals surface area contributed by atoms with Gasteiger partial charge in [-0.2, -0.15) is 5.10 Å². The first-order chi connectivity index (χ1) is 12.8. The average Bonchev–Trinajstić information content (AvgIpc) is 3.13. The summed E-state index contributed by atoms with van der Waals surface area (Å²) in [6.45, 7) is 2.86. The lowest BCUT2D eigenvalue weighted by molar-refractivity contribution is 0.0726. The van der Waals surface area contributed by atoms with Gasteiger partial charge in [0.15, 0.2) is 0 Å². The molecule has 27 heavy (non-hydrogen) atoms. The van der Waals surface area contributed by atoms with E-state index in [0.29, 0.717) is 36.5 Å². The molecule has 0 spiro atoms. The third kappa shape index (κ3) is 5.06. The number of hydrogen-bond acceptors (Lipinski definition) is 5. The standard InChI is InChI=1S/C17H22ClN5O3S/c1-13(9-23-12-19-11-20-23)21-27(25,26)16-6-3-7-22(10-16)17(24)14-4-2-5-15(18)8-14/h2,4-5,8,11-13,16,21H,3,6-7,9-10H2,1H3/t13-,16-/m0/s1. The third-order valence-electron chi connectivity index (χ3n) is 4.47. The first kappa shape index (κ1) is 19.8. The Morgan fingerprint density at radius 3 is 2.96 bits per heavy atom. The van der Waals surface area contributed by atoms with Gasteiger partial charge in [-0.1, -0.05) is 17.7 Å². The Labute approximate surface area is 163 Å². The number of nitrogens with one attached hydrogen (secondary N) is 1. The van der Waals surface area contributed by atoms with Gasteiger partial charge in [0.2, 0.25) is 10.0 Å². The molecule has 1 aliphatic rings. The summed E-state index contributed by atoms with van der Waals surface area (Å²) in [5.74, 6) is -0.201. The van der Waals surface area contributed by atoms with Crippen molar-refractivity contribution in [2.24, 2.45) is 0 Å². The molecule has 1 amide bonds. The summed E-state index contributed by atoms with van der Waals surface area (Å²) in [7, 11) is -3.57. The van der Waals surface area contributed by atoms with Gasteiger partial charge in [-0.25, -0.2) is 18.1 Å². The van der Waals surface area contributed by atoms with Crippen molar-refractivity contribution in [2.75, 3.05) is 13.1 Å². The second kappa shape index (κ2) is 8.37. The molecule has 3 rings (SSSR count). The van der Waals surface area contributed by atoms with Crippen LogP contribution in [-0.4, -0.2) is 58.4 Å². The molecular weight excluding hydrogens is 390 g/mol. The molecular formula is C17H22ClN5O3S. The van der Waals surface area contributed by atoms with E-state index in [1.807, 2.05) is 0 Å². The number of amides is 1. The Kier molecular flexibility index (Phi) is 6.13. The second-order valence-electron chi connectivity index (χ2n) is 6.71. The molecule has 0 saturated carbocycles. The zero-order valence-electron chi connectivity index (χ0n) is 15.0. The minimum Gasteiger partial charge on any atom is -0.337 e. The summed E-state index contributed by atoms with van der Waals surface area (Å²) in [5, 5.41) is 3.81. The smallest absolute Gasteiger partial charge is 0.253 e. The number of benzene rings is 1. The minimum absolute atomic E-state index is 0.163. The normalized spacial score (nSPS) is 19.0. The maximum absolute atomic E-state index is 12.8. The fourth-order valence-electron chi connectivity index (χ4n) is 3.20. The Hall–Kier alpha value is -1.97. The van der Waals surface area contributed by atoms with E-state index >= 15 is 0 Å². The Morgan fingerprint density at radius 2 is 2.26 bits per heavy atom. The van der Waals surface area contributed by atoms with Crippen LogP contribution >= 0.6 is 11.6 Å². The van der Waals surface area contributed by atoms with E-state index in [0.717, 1.165) is 0 Å². The van der Waals surface area contributed by atoms with Crippen molar-refractivity contribution in [2.45, 2.75) is 37.6 Å². The van der Waals surface area contributed by atoms with Crippen molar-refractivity contribution in [3.63, 3.8) is 0 Å². The molecule has 1 aromatic heterocycles. The number of nitrogens with zero attached hydrogens (tertiary/aromatic N) is 4. The first-order valence-corrected chi connectivity index (χ1v) is 10.7. The lowest BCUT2D eigenvalue weighted by Gasteiger charge is -2.33. The van der Waals surface area contributed by atoms with Crippen LogP contribution in [0.25, 0.3) is 0 Å². The number of carbonyl (C=O) groups excluding carboxylic acids is 1. The molecule has 1 aliphatic heterocycles. The summed E-state index contributed by atoms with van der Waals surface area (Å²) in [4.78, 5) is 18.1. The fourth-order valence-corrected chi connectivity index (χ4v) is 5.07. The first-order valence-electron chi connectivity index (χ1n) is 8.73. The van der Waals surface area contributed by atoms with Crippen LogP contribution < -0.4 is 4.72 Å². The van der Waals surface area contributed by atoms with E-state index in [-0.39, 0.29) is 18.5 Å². The number of piperidine rings is 1. The summed E-state index contributed by atoms with van der Waals surface area (Å²) in [5.41, 5.74) is 0.466. The fraction of sp³-hybridized carbons (Fsp3) is 0.471. The molecule has 2 aromatic rings. The lowest BCUT2D eigenvalue weighted by Crippen LogP contribution is -2.50. The van der Waals surface area contributed by atoms with E-state index in [2.05, 4.69) is 14.8 Å². The molecule has 2 heterocycles. The zero-order chi connectivity index (χ0) is 19.4. The molecule has 0 radical (unpaired) electrons. The predicted octanol–water partition coefficient (Wildman–Crippen LogP) is 1.54. The SMILES string of the molecule is C[C@@H](Cn1cncn1)NS(=O)(=O)[C@H]1CCCN(C(=O)c2cccc(Cl)c2)C1. The highest BCUT2D eigenvalue weighted by molar-refractivity contribution is 7.90. The molecule has 0 unspecified atom stereocenters. The van der Waals surface area contributed by atoms with Gasteiger partial charge in [-0.05, 0) is 38.0 Å². The number of likely N-dealkylation sites (tertiary alicyclic amines) is 1. The molecule has 0 bridgehead atoms. The zero-order valence-corrected chi connectivity index (χ0v) is 16.5. The predicted molar refractivity (Wildman–Crippen MR) is 102 cm³/mol. The molecule has 1 aromatic carbocycles. The number of carbonyl (C=O) groups is 1. The van der Waals surface area contributed by atoms with Crippen LogP contribution in [0.5, 0.6) is 0 Å². The highest BCUT2D eigenvalue weighted by Crippen LogP contribution is 2.20. The maximum atomic E-state index is 12.8. The van der Waals surface area contributed by atoms with E-state index in [4.69, 9.17) is 11.6 Å². The van der Waals surface area contributed by atoms with Crippen LogP contribution in [0.4, 0.5) is 0 Å². The molecule has 8 nitrogen and oxygen atoms in total. The number of hydrogen-bond donors (Lipinski definition) is 1. The van der Waals surface area contributed by atoms with E-state index in [1.165, 1.54) is 12.7 Å². The van der Waals surface area contributed by atoms with Crippen molar-refractivity contribution >= 4 is 27.5 Å². The Balaban J connectivity index is 1.64. The number of halogens is 1. The topological polar surface area (TPSA) is 97.2 Å². The van der Waals surface area contributed by atoms with E-state index in [1.54, 1.807) is 40.8 Å². The van der Waals surface area contributed by atoms with Gasteiger partial charge in [0.05, 0.1) is 11.8 Å². The quantitative estimate of drug-likeness (QED) is 0.777. The molecule has 1 N–H and O–H groups in total. The van der Waals surface area contributed by atoms with Gasteiger partial charge < -0.3 is 4.90 Å². The number of aromatic nitrogens is 3. The maximum Gasteiger partial charge on any atom is 0.253 e. The average molecular weight is 412 g/mol.